The van der Waals surface area contributed by atoms with Gasteiger partial charge >= 0.3 is 0 Å². The van der Waals surface area contributed by atoms with Crippen LogP contribution in [-0.4, -0.2) is 9.78 Å². The van der Waals surface area contributed by atoms with Gasteiger partial charge in [0.25, 0.3) is 0 Å². The SMILES string of the molecule is CCc1ccc(OCc2c(C)nn(C)c2Cl)cc1. The summed E-state index contributed by atoms with van der Waals surface area (Å²) in [5.74, 6) is 0.853. The fourth-order valence-corrected chi connectivity index (χ4v) is 2.04. The minimum atomic E-state index is 0.448. The lowest BCUT2D eigenvalue weighted by atomic mass is 10.2. The third-order valence-corrected chi connectivity index (χ3v) is 3.46. The van der Waals surface area contributed by atoms with Crippen molar-refractivity contribution in [3.63, 3.8) is 0 Å². The molecular formula is C14H17ClN2O. The first-order valence-corrected chi connectivity index (χ1v) is 6.39. The molecule has 2 aromatic rings. The standard InChI is InChI=1S/C14H17ClN2O/c1-4-11-5-7-12(8-6-11)18-9-13-10(2)16-17(3)14(13)15/h5-8H,4,9H2,1-3H3. The molecule has 0 N–H and O–H groups in total. The van der Waals surface area contributed by atoms with Gasteiger partial charge in [-0.2, -0.15) is 5.10 Å². The summed E-state index contributed by atoms with van der Waals surface area (Å²) >= 11 is 6.15. The topological polar surface area (TPSA) is 27.1 Å². The van der Waals surface area contributed by atoms with Crippen molar-refractivity contribution >= 4 is 11.6 Å². The molecule has 1 heterocycles. The number of nitrogens with zero attached hydrogens (tertiary/aromatic N) is 2. The van der Waals surface area contributed by atoms with Crippen molar-refractivity contribution in [1.29, 1.82) is 0 Å². The maximum atomic E-state index is 6.15. The van der Waals surface area contributed by atoms with Crippen molar-refractivity contribution in [3.05, 3.63) is 46.2 Å². The van der Waals surface area contributed by atoms with Crippen molar-refractivity contribution in [2.75, 3.05) is 0 Å². The van der Waals surface area contributed by atoms with Crippen molar-refractivity contribution in [3.8, 4) is 5.75 Å². The van der Waals surface area contributed by atoms with Gasteiger partial charge in [0, 0.05) is 12.6 Å². The molecule has 0 amide bonds. The monoisotopic (exact) mass is 264 g/mol. The van der Waals surface area contributed by atoms with Crippen LogP contribution in [-0.2, 0) is 20.1 Å². The molecule has 0 saturated carbocycles. The zero-order chi connectivity index (χ0) is 13.1. The molecule has 0 unspecified atom stereocenters. The molecular weight excluding hydrogens is 248 g/mol. The molecule has 0 spiro atoms. The Morgan fingerprint density at radius 1 is 1.28 bits per heavy atom. The minimum Gasteiger partial charge on any atom is -0.489 e. The van der Waals surface area contributed by atoms with Crippen LogP contribution in [0.1, 0.15) is 23.7 Å². The number of aryl methyl sites for hydroxylation is 3. The Morgan fingerprint density at radius 2 is 1.94 bits per heavy atom. The van der Waals surface area contributed by atoms with Crippen LogP contribution in [0.4, 0.5) is 0 Å². The molecule has 0 aliphatic rings. The van der Waals surface area contributed by atoms with Gasteiger partial charge in [-0.15, -0.1) is 0 Å². The summed E-state index contributed by atoms with van der Waals surface area (Å²) in [5, 5.41) is 4.89. The molecule has 0 atom stereocenters. The smallest absolute Gasteiger partial charge is 0.133 e. The summed E-state index contributed by atoms with van der Waals surface area (Å²) in [6.07, 6.45) is 1.04. The van der Waals surface area contributed by atoms with E-state index in [0.29, 0.717) is 11.8 Å². The van der Waals surface area contributed by atoms with E-state index in [1.807, 2.05) is 26.1 Å². The van der Waals surface area contributed by atoms with E-state index >= 15 is 0 Å². The quantitative estimate of drug-likeness (QED) is 0.845. The Bertz CT molecular complexity index is 531. The highest BCUT2D eigenvalue weighted by Crippen LogP contribution is 2.21. The summed E-state index contributed by atoms with van der Waals surface area (Å²) in [6.45, 7) is 4.52. The van der Waals surface area contributed by atoms with E-state index in [0.717, 1.165) is 23.4 Å². The highest BCUT2D eigenvalue weighted by atomic mass is 35.5. The summed E-state index contributed by atoms with van der Waals surface area (Å²) in [7, 11) is 1.83. The van der Waals surface area contributed by atoms with Gasteiger partial charge in [-0.3, -0.25) is 4.68 Å². The Hall–Kier alpha value is -1.48. The molecule has 18 heavy (non-hydrogen) atoms. The second-order valence-corrected chi connectivity index (χ2v) is 4.62. The van der Waals surface area contributed by atoms with Gasteiger partial charge in [-0.25, -0.2) is 0 Å². The number of halogens is 1. The molecule has 1 aromatic carbocycles. The zero-order valence-corrected chi connectivity index (χ0v) is 11.7. The van der Waals surface area contributed by atoms with Gasteiger partial charge in [0.15, 0.2) is 0 Å². The number of aromatic nitrogens is 2. The maximum absolute atomic E-state index is 6.15. The third kappa shape index (κ3) is 2.67. The fourth-order valence-electron chi connectivity index (χ4n) is 1.81. The third-order valence-electron chi connectivity index (χ3n) is 2.98. The number of ether oxygens (including phenoxy) is 1. The first kappa shape index (κ1) is 13.0. The molecule has 0 aliphatic heterocycles. The van der Waals surface area contributed by atoms with Crippen LogP contribution in [0, 0.1) is 6.92 Å². The molecule has 0 bridgehead atoms. The maximum Gasteiger partial charge on any atom is 0.133 e. The lowest BCUT2D eigenvalue weighted by Crippen LogP contribution is -1.97. The van der Waals surface area contributed by atoms with E-state index in [1.165, 1.54) is 5.56 Å². The lowest BCUT2D eigenvalue weighted by Gasteiger charge is -2.06. The van der Waals surface area contributed by atoms with E-state index in [4.69, 9.17) is 16.3 Å². The van der Waals surface area contributed by atoms with E-state index in [-0.39, 0.29) is 0 Å². The van der Waals surface area contributed by atoms with Crippen molar-refractivity contribution in [1.82, 2.24) is 9.78 Å². The van der Waals surface area contributed by atoms with Crippen LogP contribution in [0.25, 0.3) is 0 Å². The zero-order valence-electron chi connectivity index (χ0n) is 10.9. The van der Waals surface area contributed by atoms with E-state index < -0.39 is 0 Å². The highest BCUT2D eigenvalue weighted by molar-refractivity contribution is 6.30. The molecule has 0 saturated heterocycles. The van der Waals surface area contributed by atoms with Crippen LogP contribution >= 0.6 is 11.6 Å². The summed E-state index contributed by atoms with van der Waals surface area (Å²) in [6, 6.07) is 8.12. The van der Waals surface area contributed by atoms with Crippen molar-refractivity contribution < 1.29 is 4.74 Å². The van der Waals surface area contributed by atoms with Crippen LogP contribution in [0.5, 0.6) is 5.75 Å². The molecule has 0 radical (unpaired) electrons. The first-order chi connectivity index (χ1) is 8.61. The average molecular weight is 265 g/mol. The highest BCUT2D eigenvalue weighted by Gasteiger charge is 2.11. The van der Waals surface area contributed by atoms with E-state index in [1.54, 1.807) is 4.68 Å². The summed E-state index contributed by atoms with van der Waals surface area (Å²) < 4.78 is 7.39. The molecule has 3 nitrogen and oxygen atoms in total. The second kappa shape index (κ2) is 5.44. The van der Waals surface area contributed by atoms with E-state index in [2.05, 4.69) is 24.2 Å². The minimum absolute atomic E-state index is 0.448. The van der Waals surface area contributed by atoms with Gasteiger partial charge in [0.1, 0.15) is 17.5 Å². The normalized spacial score (nSPS) is 10.7. The fraction of sp³-hybridized carbons (Fsp3) is 0.357. The van der Waals surface area contributed by atoms with Gasteiger partial charge < -0.3 is 4.74 Å². The summed E-state index contributed by atoms with van der Waals surface area (Å²) in [4.78, 5) is 0. The predicted molar refractivity (Wildman–Crippen MR) is 73.1 cm³/mol. The Labute approximate surface area is 112 Å². The second-order valence-electron chi connectivity index (χ2n) is 4.26. The van der Waals surface area contributed by atoms with Gasteiger partial charge in [-0.1, -0.05) is 30.7 Å². The molecule has 2 rings (SSSR count). The number of hydrogen-bond donors (Lipinski definition) is 0. The average Bonchev–Trinajstić information content (AvgIpc) is 2.62. The summed E-state index contributed by atoms with van der Waals surface area (Å²) in [5.41, 5.74) is 3.16. The van der Waals surface area contributed by atoms with Crippen molar-refractivity contribution in [2.24, 2.45) is 7.05 Å². The van der Waals surface area contributed by atoms with Crippen LogP contribution < -0.4 is 4.74 Å². The Kier molecular flexibility index (Phi) is 3.92. The Morgan fingerprint density at radius 3 is 2.44 bits per heavy atom. The van der Waals surface area contributed by atoms with E-state index in [9.17, 15) is 0 Å². The number of rotatable bonds is 4. The first-order valence-electron chi connectivity index (χ1n) is 6.01. The van der Waals surface area contributed by atoms with Crippen LogP contribution in [0.3, 0.4) is 0 Å². The molecule has 96 valence electrons. The molecule has 0 aliphatic carbocycles. The van der Waals surface area contributed by atoms with Gasteiger partial charge in [0.05, 0.1) is 5.69 Å². The largest absolute Gasteiger partial charge is 0.489 e. The molecule has 1 aromatic heterocycles. The van der Waals surface area contributed by atoms with Gasteiger partial charge in [-0.05, 0) is 31.0 Å². The number of hydrogen-bond acceptors (Lipinski definition) is 2. The molecule has 0 fully saturated rings. The number of benzene rings is 1. The van der Waals surface area contributed by atoms with Crippen LogP contribution in [0.15, 0.2) is 24.3 Å². The predicted octanol–water partition coefficient (Wildman–Crippen LogP) is 3.52. The van der Waals surface area contributed by atoms with Crippen molar-refractivity contribution in [2.45, 2.75) is 26.9 Å². The van der Waals surface area contributed by atoms with Gasteiger partial charge in [0.2, 0.25) is 0 Å². The lowest BCUT2D eigenvalue weighted by molar-refractivity contribution is 0.305. The van der Waals surface area contributed by atoms with Crippen LogP contribution in [0.2, 0.25) is 5.15 Å². The Balaban J connectivity index is 2.06. The molecule has 4 heteroatoms.